The Morgan fingerprint density at radius 2 is 2.05 bits per heavy atom. The first-order valence-electron chi connectivity index (χ1n) is 6.56. The van der Waals surface area contributed by atoms with Crippen molar-refractivity contribution in [1.82, 2.24) is 15.5 Å². The van der Waals surface area contributed by atoms with Gasteiger partial charge >= 0.3 is 18.0 Å². The van der Waals surface area contributed by atoms with E-state index in [0.29, 0.717) is 12.5 Å². The van der Waals surface area contributed by atoms with Gasteiger partial charge in [0.25, 0.3) is 0 Å². The van der Waals surface area contributed by atoms with Crippen LogP contribution in [0.2, 0.25) is 0 Å². The van der Waals surface area contributed by atoms with E-state index < -0.39 is 30.4 Å². The molecule has 8 heteroatoms. The van der Waals surface area contributed by atoms with Crippen LogP contribution in [0.4, 0.5) is 4.79 Å². The molecule has 1 saturated heterocycles. The highest BCUT2D eigenvalue weighted by Crippen LogP contribution is 2.13. The Balaban J connectivity index is 2.34. The summed E-state index contributed by atoms with van der Waals surface area (Å²) in [5.41, 5.74) is 0. The maximum atomic E-state index is 11.6. The van der Waals surface area contributed by atoms with Gasteiger partial charge in [0.1, 0.15) is 6.04 Å². The Hall–Kier alpha value is -1.83. The fourth-order valence-electron chi connectivity index (χ4n) is 2.26. The van der Waals surface area contributed by atoms with Gasteiger partial charge in [0.05, 0.1) is 6.42 Å². The van der Waals surface area contributed by atoms with E-state index in [1.54, 1.807) is 0 Å². The van der Waals surface area contributed by atoms with Gasteiger partial charge in [0.2, 0.25) is 0 Å². The van der Waals surface area contributed by atoms with Crippen molar-refractivity contribution in [3.63, 3.8) is 0 Å². The van der Waals surface area contributed by atoms with Crippen LogP contribution in [-0.4, -0.2) is 65.8 Å². The minimum atomic E-state index is -1.42. The van der Waals surface area contributed by atoms with Crippen molar-refractivity contribution < 1.29 is 24.6 Å². The standard InChI is InChI=1S/C12H21N3O5/c1-15-4-2-3-8(7-15)6-13-12(20)14-9(11(18)19)5-10(16)17/h8-9H,2-7H2,1H3,(H,16,17)(H,18,19)(H2,13,14,20)/t8?,9-/m1/s1. The normalized spacial score (nSPS) is 20.9. The monoisotopic (exact) mass is 287 g/mol. The summed E-state index contributed by atoms with van der Waals surface area (Å²) in [6, 6.07) is -2.06. The minimum absolute atomic E-state index is 0.335. The van der Waals surface area contributed by atoms with Gasteiger partial charge in [-0.3, -0.25) is 4.79 Å². The Bertz CT molecular complexity index is 374. The van der Waals surface area contributed by atoms with Crippen LogP contribution in [0, 0.1) is 5.92 Å². The Morgan fingerprint density at radius 1 is 1.35 bits per heavy atom. The number of urea groups is 1. The number of nitrogens with zero attached hydrogens (tertiary/aromatic N) is 1. The first kappa shape index (κ1) is 16.2. The third kappa shape index (κ3) is 5.87. The predicted octanol–water partition coefficient (Wildman–Crippen LogP) is -0.445. The van der Waals surface area contributed by atoms with Gasteiger partial charge in [-0.25, -0.2) is 9.59 Å². The molecule has 0 radical (unpaired) electrons. The summed E-state index contributed by atoms with van der Waals surface area (Å²) in [7, 11) is 2.01. The van der Waals surface area contributed by atoms with Crippen molar-refractivity contribution in [2.45, 2.75) is 25.3 Å². The van der Waals surface area contributed by atoms with Gasteiger partial charge in [0, 0.05) is 13.1 Å². The van der Waals surface area contributed by atoms with E-state index in [1.165, 1.54) is 0 Å². The molecule has 114 valence electrons. The average Bonchev–Trinajstić information content (AvgIpc) is 2.35. The molecule has 0 aliphatic carbocycles. The van der Waals surface area contributed by atoms with Gasteiger partial charge in [-0.1, -0.05) is 0 Å². The molecule has 0 saturated carbocycles. The summed E-state index contributed by atoms with van der Waals surface area (Å²) in [4.78, 5) is 35.1. The molecule has 0 aromatic heterocycles. The largest absolute Gasteiger partial charge is 0.481 e. The van der Waals surface area contributed by atoms with Gasteiger partial charge < -0.3 is 25.7 Å². The third-order valence-electron chi connectivity index (χ3n) is 3.26. The van der Waals surface area contributed by atoms with E-state index in [1.807, 2.05) is 7.05 Å². The summed E-state index contributed by atoms with van der Waals surface area (Å²) >= 11 is 0. The van der Waals surface area contributed by atoms with E-state index in [0.717, 1.165) is 25.9 Å². The second-order valence-electron chi connectivity index (χ2n) is 5.11. The molecular weight excluding hydrogens is 266 g/mol. The van der Waals surface area contributed by atoms with E-state index in [9.17, 15) is 14.4 Å². The molecule has 2 atom stereocenters. The third-order valence-corrected chi connectivity index (χ3v) is 3.26. The number of hydrogen-bond acceptors (Lipinski definition) is 4. The number of carboxylic acids is 2. The lowest BCUT2D eigenvalue weighted by Crippen LogP contribution is -2.49. The molecule has 1 aliphatic rings. The predicted molar refractivity (Wildman–Crippen MR) is 70.4 cm³/mol. The van der Waals surface area contributed by atoms with Crippen molar-refractivity contribution in [2.24, 2.45) is 5.92 Å². The molecule has 1 heterocycles. The second kappa shape index (κ2) is 7.68. The molecule has 1 fully saturated rings. The van der Waals surface area contributed by atoms with E-state index >= 15 is 0 Å². The second-order valence-corrected chi connectivity index (χ2v) is 5.11. The number of carboxylic acid groups (broad SMARTS) is 2. The summed E-state index contributed by atoms with van der Waals surface area (Å²) in [6.45, 7) is 2.38. The van der Waals surface area contributed by atoms with Crippen molar-refractivity contribution in [3.8, 4) is 0 Å². The topological polar surface area (TPSA) is 119 Å². The molecule has 0 spiro atoms. The molecule has 1 unspecified atom stereocenters. The van der Waals surface area contributed by atoms with Crippen molar-refractivity contribution in [3.05, 3.63) is 0 Å². The van der Waals surface area contributed by atoms with Crippen LogP contribution in [0.5, 0.6) is 0 Å². The van der Waals surface area contributed by atoms with Crippen molar-refractivity contribution in [2.75, 3.05) is 26.7 Å². The molecule has 1 rings (SSSR count). The first-order valence-corrected chi connectivity index (χ1v) is 6.56. The number of nitrogens with one attached hydrogen (secondary N) is 2. The zero-order valence-corrected chi connectivity index (χ0v) is 11.5. The SMILES string of the molecule is CN1CCCC(CNC(=O)N[C@H](CC(=O)O)C(=O)O)C1. The zero-order valence-electron chi connectivity index (χ0n) is 11.5. The number of hydrogen-bond donors (Lipinski definition) is 4. The number of aliphatic carboxylic acids is 2. The first-order chi connectivity index (χ1) is 9.38. The van der Waals surface area contributed by atoms with Gasteiger partial charge in [-0.15, -0.1) is 0 Å². The lowest BCUT2D eigenvalue weighted by atomic mass is 9.99. The maximum Gasteiger partial charge on any atom is 0.326 e. The lowest BCUT2D eigenvalue weighted by Gasteiger charge is -2.29. The zero-order chi connectivity index (χ0) is 15.1. The fourth-order valence-corrected chi connectivity index (χ4v) is 2.26. The van der Waals surface area contributed by atoms with E-state index in [4.69, 9.17) is 10.2 Å². The highest BCUT2D eigenvalue weighted by atomic mass is 16.4. The molecule has 0 aromatic rings. The Kier molecular flexibility index (Phi) is 6.23. The van der Waals surface area contributed by atoms with E-state index in [2.05, 4.69) is 15.5 Å². The number of likely N-dealkylation sites (tertiary alicyclic amines) is 1. The highest BCUT2D eigenvalue weighted by Gasteiger charge is 2.23. The summed E-state index contributed by atoms with van der Waals surface area (Å²) in [6.07, 6.45) is 1.44. The number of piperidine rings is 1. The van der Waals surface area contributed by atoms with Crippen LogP contribution in [0.3, 0.4) is 0 Å². The van der Waals surface area contributed by atoms with Crippen LogP contribution >= 0.6 is 0 Å². The smallest absolute Gasteiger partial charge is 0.326 e. The quantitative estimate of drug-likeness (QED) is 0.525. The van der Waals surface area contributed by atoms with Gasteiger partial charge in [0.15, 0.2) is 0 Å². The van der Waals surface area contributed by atoms with Gasteiger partial charge in [-0.2, -0.15) is 0 Å². The molecule has 2 amide bonds. The number of carbonyl (C=O) groups is 3. The van der Waals surface area contributed by atoms with Crippen LogP contribution in [0.15, 0.2) is 0 Å². The van der Waals surface area contributed by atoms with Crippen LogP contribution in [0.1, 0.15) is 19.3 Å². The van der Waals surface area contributed by atoms with Crippen LogP contribution in [-0.2, 0) is 9.59 Å². The average molecular weight is 287 g/mol. The molecule has 1 aliphatic heterocycles. The molecular formula is C12H21N3O5. The summed E-state index contributed by atoms with van der Waals surface area (Å²) < 4.78 is 0. The molecule has 20 heavy (non-hydrogen) atoms. The minimum Gasteiger partial charge on any atom is -0.481 e. The van der Waals surface area contributed by atoms with Crippen LogP contribution < -0.4 is 10.6 Å². The van der Waals surface area contributed by atoms with Crippen LogP contribution in [0.25, 0.3) is 0 Å². The van der Waals surface area contributed by atoms with Crippen molar-refractivity contribution in [1.29, 1.82) is 0 Å². The molecule has 4 N–H and O–H groups in total. The number of carbonyl (C=O) groups excluding carboxylic acids is 1. The lowest BCUT2D eigenvalue weighted by molar-refractivity contribution is -0.145. The van der Waals surface area contributed by atoms with Crippen molar-refractivity contribution >= 4 is 18.0 Å². The summed E-state index contributed by atoms with van der Waals surface area (Å²) in [5.74, 6) is -2.30. The summed E-state index contributed by atoms with van der Waals surface area (Å²) in [5, 5.41) is 22.1. The van der Waals surface area contributed by atoms with E-state index in [-0.39, 0.29) is 0 Å². The number of rotatable bonds is 6. The van der Waals surface area contributed by atoms with Gasteiger partial charge in [-0.05, 0) is 32.4 Å². The molecule has 0 bridgehead atoms. The number of amides is 2. The molecule has 8 nitrogen and oxygen atoms in total. The Labute approximate surface area is 117 Å². The molecule has 0 aromatic carbocycles. The highest BCUT2D eigenvalue weighted by molar-refractivity contribution is 5.86. The fraction of sp³-hybridized carbons (Fsp3) is 0.750. The Morgan fingerprint density at radius 3 is 2.60 bits per heavy atom. The maximum absolute atomic E-state index is 11.6.